The molecule has 0 unspecified atom stereocenters. The number of hydrogen-bond donors (Lipinski definition) is 1. The van der Waals surface area contributed by atoms with Gasteiger partial charge in [-0.3, -0.25) is 14.5 Å². The molecule has 1 fully saturated rings. The van der Waals surface area contributed by atoms with Crippen molar-refractivity contribution < 1.29 is 14.7 Å². The summed E-state index contributed by atoms with van der Waals surface area (Å²) in [6, 6.07) is 0. The number of aliphatic hydroxyl groups is 1. The molecule has 0 atom stereocenters. The fourth-order valence-electron chi connectivity index (χ4n) is 2.97. The van der Waals surface area contributed by atoms with Crippen molar-refractivity contribution in [2.75, 3.05) is 26.2 Å². The van der Waals surface area contributed by atoms with Crippen LogP contribution in [-0.4, -0.2) is 58.5 Å². The topological polar surface area (TPSA) is 60.9 Å². The van der Waals surface area contributed by atoms with E-state index in [0.29, 0.717) is 19.0 Å². The Hall–Kier alpha value is -1.46. The number of nitrogens with zero attached hydrogens (tertiary/aromatic N) is 2. The van der Waals surface area contributed by atoms with Crippen LogP contribution in [0.2, 0.25) is 0 Å². The molecule has 5 heteroatoms. The smallest absolute Gasteiger partial charge is 0.253 e. The number of amides is 2. The predicted octanol–water partition coefficient (Wildman–Crippen LogP) is 1.34. The van der Waals surface area contributed by atoms with Crippen LogP contribution in [0, 0.1) is 5.92 Å². The molecule has 2 heterocycles. The van der Waals surface area contributed by atoms with Gasteiger partial charge in [0, 0.05) is 13.1 Å². The normalized spacial score (nSPS) is 21.8. The first-order valence-corrected chi connectivity index (χ1v) is 8.00. The molecule has 1 saturated heterocycles. The average molecular weight is 306 g/mol. The fourth-order valence-corrected chi connectivity index (χ4v) is 2.97. The summed E-state index contributed by atoms with van der Waals surface area (Å²) in [4.78, 5) is 27.2. The first kappa shape index (κ1) is 16.9. The van der Waals surface area contributed by atoms with Crippen LogP contribution in [0.1, 0.15) is 33.1 Å². The Morgan fingerprint density at radius 2 is 2.05 bits per heavy atom. The summed E-state index contributed by atoms with van der Waals surface area (Å²) in [5, 5.41) is 9.84. The fraction of sp³-hybridized carbons (Fsp3) is 0.647. The molecule has 2 rings (SSSR count). The summed E-state index contributed by atoms with van der Waals surface area (Å²) < 4.78 is 0. The minimum absolute atomic E-state index is 0.215. The lowest BCUT2D eigenvalue weighted by molar-refractivity contribution is -0.139. The zero-order valence-electron chi connectivity index (χ0n) is 13.5. The molecular formula is C17H26N2O3. The molecule has 1 N–H and O–H groups in total. The Bertz CT molecular complexity index is 469. The number of piperidine rings is 1. The highest BCUT2D eigenvalue weighted by Crippen LogP contribution is 2.20. The number of allylic oxidation sites excluding steroid dienone is 1. The molecule has 0 aromatic heterocycles. The molecule has 2 amide bonds. The van der Waals surface area contributed by atoms with Gasteiger partial charge in [-0.05, 0) is 64.3 Å². The van der Waals surface area contributed by atoms with Gasteiger partial charge < -0.3 is 10.0 Å². The van der Waals surface area contributed by atoms with Gasteiger partial charge in [0.1, 0.15) is 0 Å². The van der Waals surface area contributed by atoms with E-state index in [0.717, 1.165) is 32.4 Å². The molecule has 22 heavy (non-hydrogen) atoms. The lowest BCUT2D eigenvalue weighted by atomic mass is 9.95. The zero-order chi connectivity index (χ0) is 16.2. The van der Waals surface area contributed by atoms with Gasteiger partial charge in [-0.25, -0.2) is 0 Å². The number of carbonyl (C=O) groups is 2. The monoisotopic (exact) mass is 306 g/mol. The quantitative estimate of drug-likeness (QED) is 0.796. The van der Waals surface area contributed by atoms with Crippen LogP contribution < -0.4 is 0 Å². The van der Waals surface area contributed by atoms with E-state index in [9.17, 15) is 14.7 Å². The first-order chi connectivity index (χ1) is 10.3. The van der Waals surface area contributed by atoms with Crippen molar-refractivity contribution in [2.24, 2.45) is 5.92 Å². The van der Waals surface area contributed by atoms with Crippen LogP contribution >= 0.6 is 0 Å². The Morgan fingerprint density at radius 1 is 1.36 bits per heavy atom. The molecule has 0 radical (unpaired) electrons. The average Bonchev–Trinajstić information content (AvgIpc) is 2.45. The summed E-state index contributed by atoms with van der Waals surface area (Å²) in [5.41, 5.74) is -0.666. The molecule has 0 spiro atoms. The molecule has 0 saturated carbocycles. The molecule has 2 aliphatic heterocycles. The number of rotatable bonds is 4. The van der Waals surface area contributed by atoms with Crippen molar-refractivity contribution in [1.82, 2.24) is 9.80 Å². The summed E-state index contributed by atoms with van der Waals surface area (Å²) >= 11 is 0. The molecule has 0 bridgehead atoms. The Kier molecular flexibility index (Phi) is 5.53. The number of likely N-dealkylation sites (tertiary alicyclic amines) is 1. The Morgan fingerprint density at radius 3 is 2.64 bits per heavy atom. The lowest BCUT2D eigenvalue weighted by Crippen LogP contribution is -2.42. The van der Waals surface area contributed by atoms with Gasteiger partial charge in [0.25, 0.3) is 11.8 Å². The molecule has 0 aromatic carbocycles. The van der Waals surface area contributed by atoms with Crippen molar-refractivity contribution >= 4 is 11.8 Å². The maximum Gasteiger partial charge on any atom is 0.253 e. The lowest BCUT2D eigenvalue weighted by Gasteiger charge is -2.34. The Balaban J connectivity index is 1.79. The number of carbonyl (C=O) groups excluding carboxylic acids is 2. The van der Waals surface area contributed by atoms with Crippen molar-refractivity contribution in [3.63, 3.8) is 0 Å². The third-order valence-corrected chi connectivity index (χ3v) is 4.07. The van der Waals surface area contributed by atoms with E-state index in [1.165, 1.54) is 11.0 Å². The van der Waals surface area contributed by atoms with Crippen LogP contribution in [-0.2, 0) is 9.59 Å². The van der Waals surface area contributed by atoms with Crippen molar-refractivity contribution in [1.29, 1.82) is 0 Å². The molecule has 0 aromatic rings. The van der Waals surface area contributed by atoms with E-state index in [4.69, 9.17) is 0 Å². The van der Waals surface area contributed by atoms with Crippen molar-refractivity contribution in [3.8, 4) is 0 Å². The summed E-state index contributed by atoms with van der Waals surface area (Å²) in [6.07, 6.45) is 9.45. The van der Waals surface area contributed by atoms with Gasteiger partial charge >= 0.3 is 0 Å². The van der Waals surface area contributed by atoms with E-state index in [2.05, 4.69) is 4.90 Å². The second-order valence-corrected chi connectivity index (χ2v) is 6.80. The van der Waals surface area contributed by atoms with Crippen LogP contribution in [0.25, 0.3) is 0 Å². The maximum atomic E-state index is 12.0. The minimum atomic E-state index is -0.666. The highest BCUT2D eigenvalue weighted by atomic mass is 16.3. The predicted molar refractivity (Wildman–Crippen MR) is 85.1 cm³/mol. The van der Waals surface area contributed by atoms with Crippen LogP contribution in [0.5, 0.6) is 0 Å². The second-order valence-electron chi connectivity index (χ2n) is 6.80. The molecular weight excluding hydrogens is 280 g/mol. The number of β-amino-alcohol motifs (C(OH)–C–C–N with tert-alkyl or cyclic N) is 1. The molecule has 2 aliphatic rings. The van der Waals surface area contributed by atoms with Crippen LogP contribution in [0.4, 0.5) is 0 Å². The highest BCUT2D eigenvalue weighted by molar-refractivity contribution is 6.05. The van der Waals surface area contributed by atoms with Gasteiger partial charge in [-0.1, -0.05) is 12.2 Å². The van der Waals surface area contributed by atoms with E-state index in [1.807, 2.05) is 19.9 Å². The van der Waals surface area contributed by atoms with Gasteiger partial charge in [-0.15, -0.1) is 0 Å². The van der Waals surface area contributed by atoms with Gasteiger partial charge in [0.2, 0.25) is 0 Å². The second kappa shape index (κ2) is 7.20. The standard InChI is InChI=1S/C17H26N2O3/c1-17(2,22)13-18-11-8-14(9-12-18)6-7-16(21)19-10-4-3-5-15(19)20/h3,5-7,14,22H,4,8-13H2,1-2H3/b7-6+. The minimum Gasteiger partial charge on any atom is -0.389 e. The Labute approximate surface area is 132 Å². The molecule has 122 valence electrons. The van der Waals surface area contributed by atoms with Gasteiger partial charge in [0.05, 0.1) is 5.60 Å². The molecule has 5 nitrogen and oxygen atoms in total. The first-order valence-electron chi connectivity index (χ1n) is 8.00. The molecule has 0 aliphatic carbocycles. The number of imide groups is 1. The zero-order valence-corrected chi connectivity index (χ0v) is 13.5. The van der Waals surface area contributed by atoms with Gasteiger partial charge in [-0.2, -0.15) is 0 Å². The summed E-state index contributed by atoms with van der Waals surface area (Å²) in [6.45, 7) is 6.65. The largest absolute Gasteiger partial charge is 0.389 e. The third-order valence-electron chi connectivity index (χ3n) is 4.07. The summed E-state index contributed by atoms with van der Waals surface area (Å²) in [7, 11) is 0. The van der Waals surface area contributed by atoms with Crippen LogP contribution in [0.15, 0.2) is 24.3 Å². The van der Waals surface area contributed by atoms with Crippen LogP contribution in [0.3, 0.4) is 0 Å². The van der Waals surface area contributed by atoms with E-state index >= 15 is 0 Å². The number of hydrogen-bond acceptors (Lipinski definition) is 4. The van der Waals surface area contributed by atoms with E-state index < -0.39 is 5.60 Å². The van der Waals surface area contributed by atoms with Crippen molar-refractivity contribution in [2.45, 2.75) is 38.7 Å². The van der Waals surface area contributed by atoms with Gasteiger partial charge in [0.15, 0.2) is 0 Å². The highest BCUT2D eigenvalue weighted by Gasteiger charge is 2.24. The van der Waals surface area contributed by atoms with E-state index in [1.54, 1.807) is 12.2 Å². The summed E-state index contributed by atoms with van der Waals surface area (Å²) in [5.74, 6) is -0.0633. The maximum absolute atomic E-state index is 12.0. The third kappa shape index (κ3) is 5.07. The van der Waals surface area contributed by atoms with E-state index in [-0.39, 0.29) is 11.8 Å². The van der Waals surface area contributed by atoms with Crippen molar-refractivity contribution in [3.05, 3.63) is 24.3 Å². The SMILES string of the molecule is CC(C)(O)CN1CCC(/C=C/C(=O)N2CCC=CC2=O)CC1.